The SMILES string of the molecule is Fc1ccc(C2CC3C=CC2C3)cc1. The molecule has 14 heavy (non-hydrogen) atoms. The summed E-state index contributed by atoms with van der Waals surface area (Å²) in [6.07, 6.45) is 7.24. The van der Waals surface area contributed by atoms with E-state index in [1.807, 2.05) is 12.1 Å². The van der Waals surface area contributed by atoms with E-state index < -0.39 is 0 Å². The Morgan fingerprint density at radius 1 is 1.00 bits per heavy atom. The Morgan fingerprint density at radius 3 is 2.36 bits per heavy atom. The van der Waals surface area contributed by atoms with Gasteiger partial charge in [0.25, 0.3) is 0 Å². The fraction of sp³-hybridized carbons (Fsp3) is 0.385. The van der Waals surface area contributed by atoms with Crippen LogP contribution >= 0.6 is 0 Å². The molecule has 0 N–H and O–H groups in total. The first kappa shape index (κ1) is 8.22. The molecule has 2 aliphatic rings. The Bertz CT molecular complexity index is 363. The first-order valence-electron chi connectivity index (χ1n) is 5.27. The third-order valence-corrected chi connectivity index (χ3v) is 3.58. The van der Waals surface area contributed by atoms with Gasteiger partial charge in [-0.1, -0.05) is 24.3 Å². The molecule has 0 aromatic heterocycles. The van der Waals surface area contributed by atoms with E-state index in [0.29, 0.717) is 11.8 Å². The second-order valence-corrected chi connectivity index (χ2v) is 4.44. The topological polar surface area (TPSA) is 0 Å². The van der Waals surface area contributed by atoms with Crippen molar-refractivity contribution in [2.24, 2.45) is 11.8 Å². The molecular formula is C13H13F. The number of hydrogen-bond donors (Lipinski definition) is 0. The zero-order valence-corrected chi connectivity index (χ0v) is 7.99. The van der Waals surface area contributed by atoms with Crippen LogP contribution in [0.4, 0.5) is 4.39 Å². The number of halogens is 1. The van der Waals surface area contributed by atoms with Gasteiger partial charge in [0.15, 0.2) is 0 Å². The van der Waals surface area contributed by atoms with Crippen molar-refractivity contribution in [3.63, 3.8) is 0 Å². The molecule has 0 heterocycles. The highest BCUT2D eigenvalue weighted by Gasteiger charge is 2.36. The molecule has 0 spiro atoms. The number of allylic oxidation sites excluding steroid dienone is 2. The van der Waals surface area contributed by atoms with Crippen LogP contribution in [0.15, 0.2) is 36.4 Å². The summed E-state index contributed by atoms with van der Waals surface area (Å²) >= 11 is 0. The van der Waals surface area contributed by atoms with Crippen LogP contribution in [0.2, 0.25) is 0 Å². The maximum absolute atomic E-state index is 12.7. The molecule has 0 radical (unpaired) electrons. The van der Waals surface area contributed by atoms with E-state index in [9.17, 15) is 4.39 Å². The lowest BCUT2D eigenvalue weighted by atomic mass is 9.87. The van der Waals surface area contributed by atoms with Crippen LogP contribution in [0.1, 0.15) is 24.3 Å². The maximum Gasteiger partial charge on any atom is 0.123 e. The van der Waals surface area contributed by atoms with Crippen LogP contribution < -0.4 is 0 Å². The van der Waals surface area contributed by atoms with Crippen molar-refractivity contribution >= 4 is 0 Å². The Labute approximate surface area is 83.5 Å². The van der Waals surface area contributed by atoms with Crippen molar-refractivity contribution in [1.29, 1.82) is 0 Å². The van der Waals surface area contributed by atoms with Gasteiger partial charge in [-0.3, -0.25) is 0 Å². The number of rotatable bonds is 1. The van der Waals surface area contributed by atoms with Crippen LogP contribution in [0.3, 0.4) is 0 Å². The normalized spacial score (nSPS) is 33.9. The third kappa shape index (κ3) is 1.19. The maximum atomic E-state index is 12.7. The van der Waals surface area contributed by atoms with E-state index >= 15 is 0 Å². The van der Waals surface area contributed by atoms with Crippen molar-refractivity contribution in [3.8, 4) is 0 Å². The van der Waals surface area contributed by atoms with Crippen LogP contribution in [0.25, 0.3) is 0 Å². The summed E-state index contributed by atoms with van der Waals surface area (Å²) in [5.74, 6) is 2.01. The summed E-state index contributed by atoms with van der Waals surface area (Å²) in [7, 11) is 0. The van der Waals surface area contributed by atoms with E-state index in [2.05, 4.69) is 12.2 Å². The minimum absolute atomic E-state index is 0.132. The fourth-order valence-corrected chi connectivity index (χ4v) is 2.87. The van der Waals surface area contributed by atoms with Crippen LogP contribution in [0, 0.1) is 17.7 Å². The van der Waals surface area contributed by atoms with Gasteiger partial charge < -0.3 is 0 Å². The summed E-state index contributed by atoms with van der Waals surface area (Å²) in [4.78, 5) is 0. The van der Waals surface area contributed by atoms with Crippen molar-refractivity contribution < 1.29 is 4.39 Å². The quantitative estimate of drug-likeness (QED) is 0.592. The van der Waals surface area contributed by atoms with Gasteiger partial charge in [-0.05, 0) is 48.3 Å². The van der Waals surface area contributed by atoms with Gasteiger partial charge in [-0.15, -0.1) is 0 Å². The molecule has 0 aliphatic heterocycles. The Balaban J connectivity index is 1.90. The van der Waals surface area contributed by atoms with Gasteiger partial charge in [0.05, 0.1) is 0 Å². The molecule has 1 fully saturated rings. The van der Waals surface area contributed by atoms with Crippen molar-refractivity contribution in [2.45, 2.75) is 18.8 Å². The van der Waals surface area contributed by atoms with Gasteiger partial charge >= 0.3 is 0 Å². The smallest absolute Gasteiger partial charge is 0.123 e. The lowest BCUT2D eigenvalue weighted by Gasteiger charge is -2.18. The van der Waals surface area contributed by atoms with Crippen LogP contribution in [0.5, 0.6) is 0 Å². The molecule has 1 aromatic carbocycles. The number of fused-ring (bicyclic) bond motifs is 2. The number of benzene rings is 1. The highest BCUT2D eigenvalue weighted by Crippen LogP contribution is 2.48. The molecule has 2 aliphatic carbocycles. The Kier molecular flexibility index (Phi) is 1.73. The monoisotopic (exact) mass is 188 g/mol. The average Bonchev–Trinajstić information content (AvgIpc) is 2.80. The van der Waals surface area contributed by atoms with Gasteiger partial charge in [-0.2, -0.15) is 0 Å². The predicted octanol–water partition coefficient (Wildman–Crippen LogP) is 3.51. The molecule has 1 saturated carbocycles. The second kappa shape index (κ2) is 2.94. The highest BCUT2D eigenvalue weighted by molar-refractivity contribution is 5.27. The standard InChI is InChI=1S/C13H13F/c14-12-5-3-10(4-6-12)13-8-9-1-2-11(13)7-9/h1-6,9,11,13H,7-8H2. The van der Waals surface area contributed by atoms with E-state index in [1.54, 1.807) is 12.1 Å². The minimum Gasteiger partial charge on any atom is -0.207 e. The molecule has 1 heteroatoms. The lowest BCUT2D eigenvalue weighted by Crippen LogP contribution is -2.04. The Hall–Kier alpha value is -1.11. The molecule has 0 saturated heterocycles. The van der Waals surface area contributed by atoms with Gasteiger partial charge in [-0.25, -0.2) is 4.39 Å². The van der Waals surface area contributed by atoms with Crippen LogP contribution in [-0.2, 0) is 0 Å². The number of hydrogen-bond acceptors (Lipinski definition) is 0. The van der Waals surface area contributed by atoms with Crippen molar-refractivity contribution in [2.75, 3.05) is 0 Å². The van der Waals surface area contributed by atoms with E-state index in [4.69, 9.17) is 0 Å². The Morgan fingerprint density at radius 2 is 1.79 bits per heavy atom. The molecule has 1 aromatic rings. The first-order valence-corrected chi connectivity index (χ1v) is 5.27. The molecule has 0 amide bonds. The molecule has 3 atom stereocenters. The predicted molar refractivity (Wildman–Crippen MR) is 54.5 cm³/mol. The summed E-state index contributed by atoms with van der Waals surface area (Å²) < 4.78 is 12.7. The summed E-state index contributed by atoms with van der Waals surface area (Å²) in [6, 6.07) is 7.03. The average molecular weight is 188 g/mol. The molecule has 72 valence electrons. The van der Waals surface area contributed by atoms with Gasteiger partial charge in [0, 0.05) is 0 Å². The molecule has 3 rings (SSSR count). The van der Waals surface area contributed by atoms with Crippen molar-refractivity contribution in [1.82, 2.24) is 0 Å². The highest BCUT2D eigenvalue weighted by atomic mass is 19.1. The first-order chi connectivity index (χ1) is 6.83. The van der Waals surface area contributed by atoms with E-state index in [1.165, 1.54) is 18.4 Å². The van der Waals surface area contributed by atoms with Crippen LogP contribution in [-0.4, -0.2) is 0 Å². The summed E-state index contributed by atoms with van der Waals surface area (Å²) in [5, 5.41) is 0. The minimum atomic E-state index is -0.132. The van der Waals surface area contributed by atoms with Crippen molar-refractivity contribution in [3.05, 3.63) is 47.8 Å². The third-order valence-electron chi connectivity index (χ3n) is 3.58. The summed E-state index contributed by atoms with van der Waals surface area (Å²) in [5.41, 5.74) is 1.31. The second-order valence-electron chi connectivity index (χ2n) is 4.44. The fourth-order valence-electron chi connectivity index (χ4n) is 2.87. The molecular weight excluding hydrogens is 175 g/mol. The zero-order valence-electron chi connectivity index (χ0n) is 7.99. The lowest BCUT2D eigenvalue weighted by molar-refractivity contribution is 0.580. The van der Waals surface area contributed by atoms with E-state index in [-0.39, 0.29) is 5.82 Å². The zero-order chi connectivity index (χ0) is 9.54. The van der Waals surface area contributed by atoms with Gasteiger partial charge in [0.2, 0.25) is 0 Å². The van der Waals surface area contributed by atoms with Gasteiger partial charge in [0.1, 0.15) is 5.82 Å². The summed E-state index contributed by atoms with van der Waals surface area (Å²) in [6.45, 7) is 0. The van der Waals surface area contributed by atoms with E-state index in [0.717, 1.165) is 5.92 Å². The molecule has 0 nitrogen and oxygen atoms in total. The molecule has 3 unspecified atom stereocenters. The largest absolute Gasteiger partial charge is 0.207 e. The molecule has 2 bridgehead atoms.